The number of hydrogen-bond acceptors (Lipinski definition) is 7. The number of benzene rings is 1. The highest BCUT2D eigenvalue weighted by Crippen LogP contribution is 2.36. The summed E-state index contributed by atoms with van der Waals surface area (Å²) < 4.78 is 35.0. The zero-order chi connectivity index (χ0) is 32.3. The van der Waals surface area contributed by atoms with Crippen molar-refractivity contribution in [3.05, 3.63) is 28.7 Å². The van der Waals surface area contributed by atoms with Gasteiger partial charge in [0.1, 0.15) is 6.04 Å². The number of fused-ring (bicyclic) bond motifs is 1. The molecule has 0 bridgehead atoms. The number of carbonyl (C=O) groups is 3. The Morgan fingerprint density at radius 2 is 1.53 bits per heavy atom. The van der Waals surface area contributed by atoms with Crippen LogP contribution in [0.15, 0.2) is 23.0 Å². The fourth-order valence-corrected chi connectivity index (χ4v) is 7.55. The van der Waals surface area contributed by atoms with Gasteiger partial charge < -0.3 is 20.2 Å². The molecule has 0 saturated carbocycles. The molecule has 2 amide bonds. The Bertz CT molecular complexity index is 1430. The van der Waals surface area contributed by atoms with E-state index < -0.39 is 18.2 Å². The highest BCUT2D eigenvalue weighted by atomic mass is 19.4. The van der Waals surface area contributed by atoms with Crippen LogP contribution in [0.5, 0.6) is 0 Å². The monoisotopic (exact) mass is 636 g/mol. The van der Waals surface area contributed by atoms with Crippen molar-refractivity contribution in [3.8, 4) is 0 Å². The number of hydrogen-bond donors (Lipinski definition) is 3. The van der Waals surface area contributed by atoms with Crippen LogP contribution in [0.2, 0.25) is 0 Å². The first kappa shape index (κ1) is 33.0. The van der Waals surface area contributed by atoms with Crippen molar-refractivity contribution in [2.45, 2.75) is 63.6 Å². The predicted molar refractivity (Wildman–Crippen MR) is 162 cm³/mol. The van der Waals surface area contributed by atoms with Crippen molar-refractivity contribution >= 4 is 34.5 Å². The van der Waals surface area contributed by atoms with E-state index in [0.29, 0.717) is 6.42 Å². The molecule has 0 radical (unpaired) electrons. The molecule has 2 aromatic rings. The summed E-state index contributed by atoms with van der Waals surface area (Å²) in [6, 6.07) is 5.37. The van der Waals surface area contributed by atoms with E-state index in [9.17, 15) is 27.6 Å². The quantitative estimate of drug-likeness (QED) is 0.428. The summed E-state index contributed by atoms with van der Waals surface area (Å²) in [6.45, 7) is 8.16. The number of halogens is 3. The van der Waals surface area contributed by atoms with Crippen molar-refractivity contribution in [2.24, 2.45) is 24.8 Å². The molecule has 1 aromatic heterocycles. The van der Waals surface area contributed by atoms with Gasteiger partial charge in [0.2, 0.25) is 11.8 Å². The molecule has 14 heteroatoms. The predicted octanol–water partition coefficient (Wildman–Crippen LogP) is 2.88. The van der Waals surface area contributed by atoms with E-state index in [0.717, 1.165) is 47.6 Å². The van der Waals surface area contributed by atoms with Gasteiger partial charge >= 0.3 is 17.8 Å². The number of likely N-dealkylation sites (tertiary alicyclic amines) is 1. The zero-order valence-corrected chi connectivity index (χ0v) is 25.7. The number of amides is 2. The van der Waals surface area contributed by atoms with E-state index in [1.165, 1.54) is 71.2 Å². The third kappa shape index (κ3) is 7.54. The molecule has 1 atom stereocenters. The molecule has 4 fully saturated rings. The fraction of sp³-hybridized carbons (Fsp3) is 0.677. The lowest BCUT2D eigenvalue weighted by molar-refractivity contribution is -0.192. The number of imide groups is 1. The number of para-hydroxylation sites is 1. The second-order valence-electron chi connectivity index (χ2n) is 12.8. The van der Waals surface area contributed by atoms with Gasteiger partial charge in [0.05, 0.1) is 16.7 Å². The van der Waals surface area contributed by atoms with Crippen LogP contribution in [0.25, 0.3) is 11.0 Å². The second-order valence-corrected chi connectivity index (χ2v) is 12.8. The van der Waals surface area contributed by atoms with Crippen molar-refractivity contribution in [1.82, 2.24) is 24.7 Å². The number of nitrogens with zero attached hydrogens (tertiary/aromatic N) is 4. The number of rotatable bonds is 5. The van der Waals surface area contributed by atoms with Gasteiger partial charge in [0.15, 0.2) is 0 Å². The number of alkyl halides is 3. The minimum atomic E-state index is -5.08. The zero-order valence-electron chi connectivity index (χ0n) is 25.7. The first-order chi connectivity index (χ1) is 21.4. The molecular weight excluding hydrogens is 593 g/mol. The average Bonchev–Trinajstić information content (AvgIpc) is 3.27. The molecule has 11 nitrogen and oxygen atoms in total. The summed E-state index contributed by atoms with van der Waals surface area (Å²) in [7, 11) is 1.79. The number of aryl methyl sites for hydroxylation is 1. The molecule has 45 heavy (non-hydrogen) atoms. The molecule has 6 rings (SSSR count). The van der Waals surface area contributed by atoms with Crippen LogP contribution in [0.3, 0.4) is 0 Å². The first-order valence-electron chi connectivity index (χ1n) is 16.0. The maximum absolute atomic E-state index is 13.3. The van der Waals surface area contributed by atoms with Gasteiger partial charge in [-0.25, -0.2) is 9.59 Å². The number of piperidine rings is 4. The standard InChI is InChI=1S/C29H42N6O3.C2HF3O2/c1-32-27-23(3-2-4-24(27)35(29(32)38)25-5-6-26(36)31-28(25)37)34-17-11-22(12-18-34)21-9-15-33(16-10-21)19-20-7-13-30-14-8-20;3-2(4,5)1(6)7/h2-4,20-22,25,30H,5-19H2,1H3,(H,31,36,37);(H,6,7). The summed E-state index contributed by atoms with van der Waals surface area (Å²) >= 11 is 0. The number of aliphatic carboxylic acids is 1. The fourth-order valence-electron chi connectivity index (χ4n) is 7.55. The topological polar surface area (TPSA) is 129 Å². The second kappa shape index (κ2) is 13.9. The molecule has 1 aromatic carbocycles. The Labute approximate surface area is 259 Å². The van der Waals surface area contributed by atoms with Gasteiger partial charge in [-0.2, -0.15) is 13.2 Å². The largest absolute Gasteiger partial charge is 0.490 e. The van der Waals surface area contributed by atoms with E-state index in [-0.39, 0.29) is 23.9 Å². The molecule has 0 aliphatic carbocycles. The third-order valence-corrected chi connectivity index (χ3v) is 10.00. The summed E-state index contributed by atoms with van der Waals surface area (Å²) in [5.74, 6) is -0.926. The SMILES string of the molecule is Cn1c(=O)n(C2CCC(=O)NC2=O)c2cccc(N3CCC(C4CCN(CC5CCNCC5)CC4)CC3)c21.O=C(O)C(F)(F)F. The van der Waals surface area contributed by atoms with Crippen LogP contribution in [-0.2, 0) is 21.4 Å². The van der Waals surface area contributed by atoms with Crippen LogP contribution >= 0.6 is 0 Å². The van der Waals surface area contributed by atoms with E-state index >= 15 is 0 Å². The molecule has 1 unspecified atom stereocenters. The minimum absolute atomic E-state index is 0.201. The van der Waals surface area contributed by atoms with Crippen molar-refractivity contribution < 1.29 is 32.7 Å². The summed E-state index contributed by atoms with van der Waals surface area (Å²) in [5.41, 5.74) is 2.52. The normalized spacial score (nSPS) is 23.1. The van der Waals surface area contributed by atoms with E-state index in [4.69, 9.17) is 9.90 Å². The van der Waals surface area contributed by atoms with Gasteiger partial charge in [-0.05, 0) is 101 Å². The van der Waals surface area contributed by atoms with Gasteiger partial charge in [-0.1, -0.05) is 6.07 Å². The van der Waals surface area contributed by atoms with Crippen LogP contribution in [-0.4, -0.2) is 88.9 Å². The maximum atomic E-state index is 13.3. The maximum Gasteiger partial charge on any atom is 0.490 e. The van der Waals surface area contributed by atoms with Gasteiger partial charge in [-0.15, -0.1) is 0 Å². The summed E-state index contributed by atoms with van der Waals surface area (Å²) in [6.07, 6.45) is 3.22. The number of carboxylic acids is 1. The van der Waals surface area contributed by atoms with E-state index in [2.05, 4.69) is 26.5 Å². The lowest BCUT2D eigenvalue weighted by Gasteiger charge is -2.41. The number of anilines is 1. The molecule has 0 spiro atoms. The Kier molecular flexibility index (Phi) is 10.2. The van der Waals surface area contributed by atoms with E-state index in [1.54, 1.807) is 16.2 Å². The first-order valence-corrected chi connectivity index (χ1v) is 16.0. The number of aromatic nitrogens is 2. The molecule has 5 heterocycles. The number of carboxylic acid groups (broad SMARTS) is 1. The van der Waals surface area contributed by atoms with Gasteiger partial charge in [0.25, 0.3) is 0 Å². The summed E-state index contributed by atoms with van der Waals surface area (Å²) in [4.78, 5) is 51.6. The molecule has 4 aliphatic rings. The minimum Gasteiger partial charge on any atom is -0.475 e. The van der Waals surface area contributed by atoms with Crippen molar-refractivity contribution in [3.63, 3.8) is 0 Å². The third-order valence-electron chi connectivity index (χ3n) is 10.00. The van der Waals surface area contributed by atoms with Crippen molar-refractivity contribution in [1.29, 1.82) is 0 Å². The van der Waals surface area contributed by atoms with Crippen LogP contribution < -0.4 is 21.2 Å². The lowest BCUT2D eigenvalue weighted by atomic mass is 9.78. The van der Waals surface area contributed by atoms with Crippen LogP contribution in [0.1, 0.15) is 57.4 Å². The smallest absolute Gasteiger partial charge is 0.475 e. The molecular formula is C31H43F3N6O5. The average molecular weight is 637 g/mol. The Morgan fingerprint density at radius 3 is 2.11 bits per heavy atom. The number of imidazole rings is 1. The van der Waals surface area contributed by atoms with Gasteiger partial charge in [-0.3, -0.25) is 24.0 Å². The van der Waals surface area contributed by atoms with Crippen molar-refractivity contribution in [2.75, 3.05) is 50.7 Å². The highest BCUT2D eigenvalue weighted by molar-refractivity contribution is 6.00. The molecule has 248 valence electrons. The Morgan fingerprint density at radius 1 is 0.933 bits per heavy atom. The summed E-state index contributed by atoms with van der Waals surface area (Å²) in [5, 5.41) is 13.0. The number of nitrogens with one attached hydrogen (secondary N) is 2. The van der Waals surface area contributed by atoms with E-state index in [1.807, 2.05) is 12.1 Å². The number of carbonyl (C=O) groups excluding carboxylic acids is 2. The molecule has 4 saturated heterocycles. The Balaban J connectivity index is 0.000000515. The van der Waals surface area contributed by atoms with Crippen LogP contribution in [0, 0.1) is 17.8 Å². The molecule has 4 aliphatic heterocycles. The lowest BCUT2D eigenvalue weighted by Crippen LogP contribution is -2.44. The van der Waals surface area contributed by atoms with Crippen LogP contribution in [0.4, 0.5) is 18.9 Å². The Hall–Kier alpha value is -3.39. The molecule has 3 N–H and O–H groups in total. The van der Waals surface area contributed by atoms with Gasteiger partial charge in [0, 0.05) is 33.1 Å². The highest BCUT2D eigenvalue weighted by Gasteiger charge is 2.38.